The summed E-state index contributed by atoms with van der Waals surface area (Å²) >= 11 is 0. The Hall–Kier alpha value is -1.07. The van der Waals surface area contributed by atoms with Crippen LogP contribution in [0.1, 0.15) is 20.8 Å². The molecule has 0 aromatic rings. The number of carbonyl (C=O) groups is 1. The molecule has 0 amide bonds. The van der Waals surface area contributed by atoms with Crippen molar-refractivity contribution in [2.24, 2.45) is 0 Å². The van der Waals surface area contributed by atoms with Gasteiger partial charge in [-0.2, -0.15) is 0 Å². The van der Waals surface area contributed by atoms with Crippen LogP contribution in [0.15, 0.2) is 12.3 Å². The molecule has 82 valence electrons. The largest absolute Gasteiger partial charge is 0.475 e. The zero-order valence-electron chi connectivity index (χ0n) is 8.65. The second kappa shape index (κ2) is 6.39. The van der Waals surface area contributed by atoms with E-state index in [2.05, 4.69) is 6.58 Å². The molecule has 0 aliphatic carbocycles. The fourth-order valence-electron chi connectivity index (χ4n) is 0.822. The molecule has 2 unspecified atom stereocenters. The normalized spacial score (nSPS) is 14.5. The summed E-state index contributed by atoms with van der Waals surface area (Å²) in [6, 6.07) is 0. The molecule has 5 heteroatoms. The predicted molar refractivity (Wildman–Crippen MR) is 49.5 cm³/mol. The Balaban J connectivity index is 3.80. The van der Waals surface area contributed by atoms with Gasteiger partial charge in [-0.1, -0.05) is 0 Å². The van der Waals surface area contributed by atoms with Crippen LogP contribution in [0.4, 0.5) is 0 Å². The first-order chi connectivity index (χ1) is 6.47. The fraction of sp³-hybridized carbons (Fsp3) is 0.667. The van der Waals surface area contributed by atoms with Crippen LogP contribution in [0.3, 0.4) is 0 Å². The van der Waals surface area contributed by atoms with E-state index in [1.807, 2.05) is 6.92 Å². The molecule has 0 rings (SSSR count). The molecule has 0 heterocycles. The van der Waals surface area contributed by atoms with Crippen molar-refractivity contribution in [3.8, 4) is 0 Å². The van der Waals surface area contributed by atoms with Crippen molar-refractivity contribution in [2.45, 2.75) is 33.4 Å². The maximum absolute atomic E-state index is 10.3. The van der Waals surface area contributed by atoms with Gasteiger partial charge in [0.05, 0.1) is 0 Å². The highest BCUT2D eigenvalue weighted by molar-refractivity contribution is 5.83. The Morgan fingerprint density at radius 2 is 2.00 bits per heavy atom. The highest BCUT2D eigenvalue weighted by Crippen LogP contribution is 2.05. The van der Waals surface area contributed by atoms with Crippen molar-refractivity contribution in [2.75, 3.05) is 6.61 Å². The molecule has 0 fully saturated rings. The van der Waals surface area contributed by atoms with E-state index in [-0.39, 0.29) is 5.76 Å². The zero-order valence-corrected chi connectivity index (χ0v) is 8.65. The lowest BCUT2D eigenvalue weighted by Gasteiger charge is -2.19. The standard InChI is InChI=1S/C9H16O5/c1-5-12-7(3)14-8(4)13-6(2)9(10)11/h7-8H,2,5H2,1,3-4H3,(H,10,11). The van der Waals surface area contributed by atoms with Gasteiger partial charge in [0.1, 0.15) is 0 Å². The van der Waals surface area contributed by atoms with E-state index in [0.29, 0.717) is 6.61 Å². The van der Waals surface area contributed by atoms with Crippen LogP contribution in [0, 0.1) is 0 Å². The van der Waals surface area contributed by atoms with Crippen molar-refractivity contribution in [3.63, 3.8) is 0 Å². The Morgan fingerprint density at radius 3 is 2.43 bits per heavy atom. The van der Waals surface area contributed by atoms with Crippen LogP contribution >= 0.6 is 0 Å². The van der Waals surface area contributed by atoms with Crippen molar-refractivity contribution in [1.82, 2.24) is 0 Å². The third-order valence-electron chi connectivity index (χ3n) is 1.33. The molecular formula is C9H16O5. The molecule has 0 spiro atoms. The van der Waals surface area contributed by atoms with Gasteiger partial charge in [0.2, 0.25) is 0 Å². The van der Waals surface area contributed by atoms with Crippen LogP contribution in [0.5, 0.6) is 0 Å². The number of rotatable bonds is 7. The van der Waals surface area contributed by atoms with Crippen LogP contribution in [0.25, 0.3) is 0 Å². The van der Waals surface area contributed by atoms with Gasteiger partial charge in [-0.15, -0.1) is 0 Å². The molecule has 0 saturated heterocycles. The van der Waals surface area contributed by atoms with Gasteiger partial charge in [-0.05, 0) is 27.4 Å². The van der Waals surface area contributed by atoms with Crippen LogP contribution in [-0.4, -0.2) is 30.3 Å². The minimum atomic E-state index is -1.20. The van der Waals surface area contributed by atoms with Gasteiger partial charge in [0.15, 0.2) is 18.3 Å². The first-order valence-electron chi connectivity index (χ1n) is 4.33. The molecular weight excluding hydrogens is 188 g/mol. The monoisotopic (exact) mass is 204 g/mol. The number of hydrogen-bond donors (Lipinski definition) is 1. The first-order valence-corrected chi connectivity index (χ1v) is 4.33. The summed E-state index contributed by atoms with van der Waals surface area (Å²) in [5.74, 6) is -1.55. The van der Waals surface area contributed by atoms with Gasteiger partial charge in [-0.25, -0.2) is 4.79 Å². The Labute approximate surface area is 83.3 Å². The quantitative estimate of drug-likeness (QED) is 0.385. The first kappa shape index (κ1) is 12.9. The second-order valence-electron chi connectivity index (χ2n) is 2.57. The highest BCUT2D eigenvalue weighted by atomic mass is 16.8. The lowest BCUT2D eigenvalue weighted by atomic mass is 10.5. The summed E-state index contributed by atoms with van der Waals surface area (Å²) < 4.78 is 15.1. The van der Waals surface area contributed by atoms with Crippen LogP contribution < -0.4 is 0 Å². The van der Waals surface area contributed by atoms with E-state index in [9.17, 15) is 4.79 Å². The average molecular weight is 204 g/mol. The van der Waals surface area contributed by atoms with E-state index >= 15 is 0 Å². The number of carboxylic acid groups (broad SMARTS) is 1. The lowest BCUT2D eigenvalue weighted by molar-refractivity contribution is -0.219. The average Bonchev–Trinajstić information content (AvgIpc) is 2.03. The van der Waals surface area contributed by atoms with Crippen molar-refractivity contribution >= 4 is 5.97 Å². The van der Waals surface area contributed by atoms with E-state index in [0.717, 1.165) is 0 Å². The van der Waals surface area contributed by atoms with Crippen molar-refractivity contribution in [1.29, 1.82) is 0 Å². The maximum atomic E-state index is 10.3. The summed E-state index contributed by atoms with van der Waals surface area (Å²) in [5.41, 5.74) is 0. The summed E-state index contributed by atoms with van der Waals surface area (Å²) in [4.78, 5) is 10.3. The van der Waals surface area contributed by atoms with Crippen molar-refractivity contribution in [3.05, 3.63) is 12.3 Å². The van der Waals surface area contributed by atoms with Gasteiger partial charge in [0.25, 0.3) is 0 Å². The predicted octanol–water partition coefficient (Wildman–Crippen LogP) is 1.35. The minimum Gasteiger partial charge on any atom is -0.475 e. The number of ether oxygens (including phenoxy) is 3. The molecule has 5 nitrogen and oxygen atoms in total. The molecule has 14 heavy (non-hydrogen) atoms. The number of hydrogen-bond acceptors (Lipinski definition) is 4. The summed E-state index contributed by atoms with van der Waals surface area (Å²) in [6.45, 7) is 8.84. The molecule has 2 atom stereocenters. The highest BCUT2D eigenvalue weighted by Gasteiger charge is 2.13. The fourth-order valence-corrected chi connectivity index (χ4v) is 0.822. The Kier molecular flexibility index (Phi) is 5.91. The Morgan fingerprint density at radius 1 is 1.43 bits per heavy atom. The van der Waals surface area contributed by atoms with E-state index in [1.54, 1.807) is 13.8 Å². The number of carboxylic acids is 1. The molecule has 0 saturated carbocycles. The lowest BCUT2D eigenvalue weighted by Crippen LogP contribution is -2.23. The van der Waals surface area contributed by atoms with Gasteiger partial charge in [0, 0.05) is 6.61 Å². The molecule has 0 aromatic heterocycles. The summed E-state index contributed by atoms with van der Waals surface area (Å²) in [6.07, 6.45) is -1.13. The van der Waals surface area contributed by atoms with Crippen molar-refractivity contribution < 1.29 is 24.1 Å². The smallest absolute Gasteiger partial charge is 0.370 e. The minimum absolute atomic E-state index is 0.346. The summed E-state index contributed by atoms with van der Waals surface area (Å²) in [5, 5.41) is 8.46. The molecule has 0 aromatic carbocycles. The van der Waals surface area contributed by atoms with Crippen LogP contribution in [-0.2, 0) is 19.0 Å². The zero-order chi connectivity index (χ0) is 11.1. The second-order valence-corrected chi connectivity index (χ2v) is 2.57. The van der Waals surface area contributed by atoms with Gasteiger partial charge in [-0.3, -0.25) is 0 Å². The third-order valence-corrected chi connectivity index (χ3v) is 1.33. The maximum Gasteiger partial charge on any atom is 0.370 e. The number of aliphatic carboxylic acids is 1. The van der Waals surface area contributed by atoms with Gasteiger partial charge < -0.3 is 19.3 Å². The Bertz CT molecular complexity index is 201. The van der Waals surface area contributed by atoms with Crippen LogP contribution in [0.2, 0.25) is 0 Å². The third kappa shape index (κ3) is 5.55. The van der Waals surface area contributed by atoms with Gasteiger partial charge >= 0.3 is 5.97 Å². The topological polar surface area (TPSA) is 65.0 Å². The molecule has 1 N–H and O–H groups in total. The molecule has 0 aliphatic rings. The molecule has 0 radical (unpaired) electrons. The summed E-state index contributed by atoms with van der Waals surface area (Å²) in [7, 11) is 0. The molecule has 0 bridgehead atoms. The van der Waals surface area contributed by atoms with E-state index in [1.165, 1.54) is 0 Å². The SMILES string of the molecule is C=C(OC(C)OC(C)OCC)C(=O)O. The molecule has 0 aliphatic heterocycles. The van der Waals surface area contributed by atoms with E-state index < -0.39 is 18.5 Å². The van der Waals surface area contributed by atoms with E-state index in [4.69, 9.17) is 19.3 Å².